The lowest BCUT2D eigenvalue weighted by Crippen LogP contribution is -2.03. The zero-order chi connectivity index (χ0) is 13.0. The molecule has 2 rings (SSSR count). The van der Waals surface area contributed by atoms with Crippen LogP contribution in [0.3, 0.4) is 0 Å². The number of thioether (sulfide) groups is 1. The maximum Gasteiger partial charge on any atom is 0.313 e. The van der Waals surface area contributed by atoms with Crippen LogP contribution in [0.25, 0.3) is 11.4 Å². The molecule has 0 unspecified atom stereocenters. The van der Waals surface area contributed by atoms with Crippen molar-refractivity contribution in [2.45, 2.75) is 18.6 Å². The normalized spacial score (nSPS) is 10.5. The summed E-state index contributed by atoms with van der Waals surface area (Å²) >= 11 is 1.17. The molecule has 7 heteroatoms. The molecule has 0 radical (unpaired) electrons. The van der Waals surface area contributed by atoms with Crippen LogP contribution in [0.15, 0.2) is 29.7 Å². The summed E-state index contributed by atoms with van der Waals surface area (Å²) in [7, 11) is 0. The molecule has 0 aliphatic rings. The van der Waals surface area contributed by atoms with Gasteiger partial charge in [-0.3, -0.25) is 9.78 Å². The minimum absolute atomic E-state index is 0.0194. The molecule has 0 bridgehead atoms. The molecule has 0 aromatic carbocycles. The van der Waals surface area contributed by atoms with Crippen LogP contribution in [0.5, 0.6) is 0 Å². The smallest absolute Gasteiger partial charge is 0.313 e. The van der Waals surface area contributed by atoms with E-state index in [2.05, 4.69) is 15.2 Å². The largest absolute Gasteiger partial charge is 0.481 e. The predicted molar refractivity (Wildman–Crippen MR) is 67.3 cm³/mol. The second kappa shape index (κ2) is 5.63. The van der Waals surface area contributed by atoms with Crippen LogP contribution < -0.4 is 0 Å². The third-order valence-corrected chi connectivity index (χ3v) is 3.25. The Morgan fingerprint density at radius 1 is 1.39 bits per heavy atom. The van der Waals surface area contributed by atoms with Gasteiger partial charge in [0.1, 0.15) is 0 Å². The fourth-order valence-corrected chi connectivity index (χ4v) is 2.24. The van der Waals surface area contributed by atoms with Crippen molar-refractivity contribution in [3.8, 4) is 11.4 Å². The third-order valence-electron chi connectivity index (χ3n) is 2.30. The van der Waals surface area contributed by atoms with Gasteiger partial charge >= 0.3 is 5.97 Å². The number of carbonyl (C=O) groups is 1. The van der Waals surface area contributed by atoms with Crippen molar-refractivity contribution < 1.29 is 9.90 Å². The first kappa shape index (κ1) is 12.6. The molecule has 0 amide bonds. The summed E-state index contributed by atoms with van der Waals surface area (Å²) in [6, 6.07) is 3.70. The average Bonchev–Trinajstić information content (AvgIpc) is 2.80. The van der Waals surface area contributed by atoms with Gasteiger partial charge in [-0.2, -0.15) is 0 Å². The second-order valence-corrected chi connectivity index (χ2v) is 4.41. The van der Waals surface area contributed by atoms with Crippen molar-refractivity contribution in [3.05, 3.63) is 24.5 Å². The Morgan fingerprint density at radius 3 is 2.72 bits per heavy atom. The highest BCUT2D eigenvalue weighted by Crippen LogP contribution is 2.23. The Balaban J connectivity index is 2.30. The van der Waals surface area contributed by atoms with E-state index in [1.807, 2.05) is 23.6 Å². The lowest BCUT2D eigenvalue weighted by atomic mass is 10.2. The Bertz CT molecular complexity index is 541. The standard InChI is InChI=1S/C11H12N4O2S/c1-2-15-10(8-3-5-12-6-4-8)13-14-11(15)18-7-9(16)17/h3-6H,2,7H2,1H3,(H,16,17). The molecule has 2 aromatic heterocycles. The third kappa shape index (κ3) is 2.67. The quantitative estimate of drug-likeness (QED) is 0.825. The van der Waals surface area contributed by atoms with Crippen LogP contribution in [0.1, 0.15) is 6.92 Å². The Labute approximate surface area is 108 Å². The van der Waals surface area contributed by atoms with E-state index in [9.17, 15) is 4.79 Å². The molecule has 0 aliphatic carbocycles. The maximum absolute atomic E-state index is 10.6. The summed E-state index contributed by atoms with van der Waals surface area (Å²) in [6.45, 7) is 2.66. The molecule has 6 nitrogen and oxygen atoms in total. The summed E-state index contributed by atoms with van der Waals surface area (Å²) in [4.78, 5) is 14.5. The van der Waals surface area contributed by atoms with Crippen molar-refractivity contribution in [3.63, 3.8) is 0 Å². The number of rotatable bonds is 5. The first-order valence-electron chi connectivity index (χ1n) is 5.40. The molecule has 2 aromatic rings. The number of carboxylic acids is 1. The summed E-state index contributed by atoms with van der Waals surface area (Å²) in [6.07, 6.45) is 3.38. The number of aromatic nitrogens is 4. The van der Waals surface area contributed by atoms with Crippen molar-refractivity contribution in [1.29, 1.82) is 0 Å². The molecule has 2 heterocycles. The monoisotopic (exact) mass is 264 g/mol. The fourth-order valence-electron chi connectivity index (χ4n) is 1.52. The van der Waals surface area contributed by atoms with Gasteiger partial charge in [-0.25, -0.2) is 0 Å². The van der Waals surface area contributed by atoms with Crippen LogP contribution >= 0.6 is 11.8 Å². The van der Waals surface area contributed by atoms with E-state index in [-0.39, 0.29) is 5.75 Å². The molecule has 0 aliphatic heterocycles. The van der Waals surface area contributed by atoms with Crippen LogP contribution in [0.4, 0.5) is 0 Å². The Kier molecular flexibility index (Phi) is 3.93. The molecule has 0 fully saturated rings. The molecular weight excluding hydrogens is 252 g/mol. The zero-order valence-electron chi connectivity index (χ0n) is 9.78. The highest BCUT2D eigenvalue weighted by Gasteiger charge is 2.13. The number of carboxylic acid groups (broad SMARTS) is 1. The van der Waals surface area contributed by atoms with Crippen molar-refractivity contribution in [2.75, 3.05) is 5.75 Å². The van der Waals surface area contributed by atoms with Gasteiger partial charge in [-0.1, -0.05) is 11.8 Å². The Morgan fingerprint density at radius 2 is 2.11 bits per heavy atom. The van der Waals surface area contributed by atoms with Crippen molar-refractivity contribution in [2.24, 2.45) is 0 Å². The van der Waals surface area contributed by atoms with Crippen molar-refractivity contribution in [1.82, 2.24) is 19.7 Å². The van der Waals surface area contributed by atoms with E-state index >= 15 is 0 Å². The molecule has 0 saturated carbocycles. The van der Waals surface area contributed by atoms with E-state index in [1.54, 1.807) is 12.4 Å². The zero-order valence-corrected chi connectivity index (χ0v) is 10.6. The van der Waals surface area contributed by atoms with E-state index in [1.165, 1.54) is 11.8 Å². The van der Waals surface area contributed by atoms with Crippen LogP contribution in [-0.2, 0) is 11.3 Å². The molecule has 1 N–H and O–H groups in total. The number of nitrogens with zero attached hydrogens (tertiary/aromatic N) is 4. The number of aliphatic carboxylic acids is 1. The minimum Gasteiger partial charge on any atom is -0.481 e. The molecule has 18 heavy (non-hydrogen) atoms. The van der Waals surface area contributed by atoms with Crippen LogP contribution in [0.2, 0.25) is 0 Å². The van der Waals surface area contributed by atoms with Gasteiger partial charge in [-0.15, -0.1) is 10.2 Å². The lowest BCUT2D eigenvalue weighted by Gasteiger charge is -2.05. The van der Waals surface area contributed by atoms with Gasteiger partial charge in [0, 0.05) is 24.5 Å². The second-order valence-electron chi connectivity index (χ2n) is 3.47. The Hall–Kier alpha value is -1.89. The minimum atomic E-state index is -0.865. The molecule has 94 valence electrons. The summed E-state index contributed by atoms with van der Waals surface area (Å²) in [5.74, 6) is -0.155. The van der Waals surface area contributed by atoms with Gasteiger partial charge in [0.15, 0.2) is 11.0 Å². The van der Waals surface area contributed by atoms with Gasteiger partial charge in [0.2, 0.25) is 0 Å². The molecule has 0 atom stereocenters. The maximum atomic E-state index is 10.6. The number of hydrogen-bond acceptors (Lipinski definition) is 5. The van der Waals surface area contributed by atoms with Crippen LogP contribution in [0, 0.1) is 0 Å². The molecule has 0 saturated heterocycles. The highest BCUT2D eigenvalue weighted by atomic mass is 32.2. The van der Waals surface area contributed by atoms with Gasteiger partial charge in [0.25, 0.3) is 0 Å². The van der Waals surface area contributed by atoms with E-state index < -0.39 is 5.97 Å². The SMILES string of the molecule is CCn1c(SCC(=O)O)nnc1-c1ccncc1. The average molecular weight is 264 g/mol. The topological polar surface area (TPSA) is 80.9 Å². The summed E-state index contributed by atoms with van der Waals surface area (Å²) < 4.78 is 1.89. The van der Waals surface area contributed by atoms with E-state index in [0.717, 1.165) is 11.4 Å². The lowest BCUT2D eigenvalue weighted by molar-refractivity contribution is -0.133. The fraction of sp³-hybridized carbons (Fsp3) is 0.273. The van der Waals surface area contributed by atoms with Crippen LogP contribution in [-0.4, -0.2) is 36.6 Å². The summed E-state index contributed by atoms with van der Waals surface area (Å²) in [5.41, 5.74) is 0.918. The molecular formula is C11H12N4O2S. The first-order valence-corrected chi connectivity index (χ1v) is 6.39. The highest BCUT2D eigenvalue weighted by molar-refractivity contribution is 7.99. The van der Waals surface area contributed by atoms with Crippen molar-refractivity contribution >= 4 is 17.7 Å². The van der Waals surface area contributed by atoms with E-state index in [0.29, 0.717) is 11.7 Å². The van der Waals surface area contributed by atoms with Gasteiger partial charge < -0.3 is 9.67 Å². The summed E-state index contributed by atoms with van der Waals surface area (Å²) in [5, 5.41) is 17.4. The van der Waals surface area contributed by atoms with Gasteiger partial charge in [0.05, 0.1) is 5.75 Å². The number of pyridine rings is 1. The van der Waals surface area contributed by atoms with Gasteiger partial charge in [-0.05, 0) is 19.1 Å². The first-order chi connectivity index (χ1) is 8.72. The predicted octanol–water partition coefficient (Wildman–Crippen LogP) is 1.54. The van der Waals surface area contributed by atoms with E-state index in [4.69, 9.17) is 5.11 Å². The molecule has 0 spiro atoms. The number of hydrogen-bond donors (Lipinski definition) is 1.